The van der Waals surface area contributed by atoms with Crippen LogP contribution in [-0.2, 0) is 4.79 Å². The molecule has 3 nitrogen and oxygen atoms in total. The zero-order valence-electron chi connectivity index (χ0n) is 10.3. The summed E-state index contributed by atoms with van der Waals surface area (Å²) in [6, 6.07) is 5.25. The molecule has 2 rings (SSSR count). The Labute approximate surface area is 116 Å². The van der Waals surface area contributed by atoms with E-state index >= 15 is 0 Å². The van der Waals surface area contributed by atoms with Gasteiger partial charge in [-0.25, -0.2) is 5.01 Å². The number of carbonyl (C=O) groups is 1. The zero-order valence-corrected chi connectivity index (χ0v) is 11.8. The van der Waals surface area contributed by atoms with Gasteiger partial charge in [-0.15, -0.1) is 0 Å². The number of amides is 1. The van der Waals surface area contributed by atoms with Crippen LogP contribution >= 0.6 is 23.2 Å². The number of rotatable bonds is 2. The molecule has 0 saturated heterocycles. The molecule has 96 valence electrons. The molecule has 1 heterocycles. The second-order valence-electron chi connectivity index (χ2n) is 4.42. The van der Waals surface area contributed by atoms with Crippen LogP contribution < -0.4 is 0 Å². The van der Waals surface area contributed by atoms with Gasteiger partial charge < -0.3 is 0 Å². The summed E-state index contributed by atoms with van der Waals surface area (Å²) in [5.74, 6) is 0.0409. The Balaban J connectivity index is 2.30. The second-order valence-corrected chi connectivity index (χ2v) is 5.24. The van der Waals surface area contributed by atoms with Crippen molar-refractivity contribution in [3.05, 3.63) is 33.8 Å². The predicted octanol–water partition coefficient (Wildman–Crippen LogP) is 4.05. The van der Waals surface area contributed by atoms with Gasteiger partial charge in [-0.1, -0.05) is 29.3 Å². The molecule has 0 fully saturated rings. The molecule has 5 heteroatoms. The molecule has 0 saturated carbocycles. The van der Waals surface area contributed by atoms with Gasteiger partial charge in [0.25, 0.3) is 0 Å². The summed E-state index contributed by atoms with van der Waals surface area (Å²) in [5.41, 5.74) is 1.90. The summed E-state index contributed by atoms with van der Waals surface area (Å²) in [7, 11) is 0. The molecular formula is C13H14Cl2N2O. The molecule has 0 spiro atoms. The predicted molar refractivity (Wildman–Crippen MR) is 74.1 cm³/mol. The van der Waals surface area contributed by atoms with Crippen molar-refractivity contribution in [1.29, 1.82) is 0 Å². The lowest BCUT2D eigenvalue weighted by atomic mass is 10.1. The van der Waals surface area contributed by atoms with Gasteiger partial charge in [0, 0.05) is 12.1 Å². The molecule has 0 bridgehead atoms. The van der Waals surface area contributed by atoms with E-state index in [4.69, 9.17) is 23.2 Å². The Kier molecular flexibility index (Phi) is 3.93. The summed E-state index contributed by atoms with van der Waals surface area (Å²) >= 11 is 11.9. The van der Waals surface area contributed by atoms with Crippen molar-refractivity contribution >= 4 is 34.8 Å². The molecule has 1 aromatic rings. The van der Waals surface area contributed by atoms with Crippen LogP contribution in [0, 0.1) is 0 Å². The first-order valence-corrected chi connectivity index (χ1v) is 6.55. The van der Waals surface area contributed by atoms with Crippen molar-refractivity contribution in [2.45, 2.75) is 32.7 Å². The molecule has 0 radical (unpaired) electrons. The summed E-state index contributed by atoms with van der Waals surface area (Å²) < 4.78 is 0. The van der Waals surface area contributed by atoms with Gasteiger partial charge in [0.2, 0.25) is 5.91 Å². The van der Waals surface area contributed by atoms with E-state index in [0.29, 0.717) is 16.5 Å². The number of hydrogen-bond acceptors (Lipinski definition) is 2. The molecule has 0 unspecified atom stereocenters. The van der Waals surface area contributed by atoms with Gasteiger partial charge in [-0.05, 0) is 38.0 Å². The first-order chi connectivity index (χ1) is 8.49. The van der Waals surface area contributed by atoms with Crippen LogP contribution in [0.5, 0.6) is 0 Å². The van der Waals surface area contributed by atoms with Gasteiger partial charge >= 0.3 is 0 Å². The highest BCUT2D eigenvalue weighted by Crippen LogP contribution is 2.29. The lowest BCUT2D eigenvalue weighted by Gasteiger charge is -2.28. The van der Waals surface area contributed by atoms with E-state index < -0.39 is 0 Å². The van der Waals surface area contributed by atoms with Crippen LogP contribution in [0.25, 0.3) is 0 Å². The van der Waals surface area contributed by atoms with Gasteiger partial charge in [-0.3, -0.25) is 4.79 Å². The summed E-state index contributed by atoms with van der Waals surface area (Å²) in [5, 5.41) is 6.85. The standard InChI is InChI=1S/C13H14Cl2N2O/c1-8-3-6-13(18)17(16-8)9(2)10-4-5-11(14)12(15)7-10/h4-5,7,9H,3,6H2,1-2H3/t9-/m0/s1. The smallest absolute Gasteiger partial charge is 0.243 e. The number of halogens is 2. The second kappa shape index (κ2) is 5.29. The van der Waals surface area contributed by atoms with E-state index in [2.05, 4.69) is 5.10 Å². The van der Waals surface area contributed by atoms with Gasteiger partial charge in [0.1, 0.15) is 0 Å². The molecule has 1 aliphatic heterocycles. The third kappa shape index (κ3) is 2.68. The maximum Gasteiger partial charge on any atom is 0.243 e. The first-order valence-electron chi connectivity index (χ1n) is 5.80. The van der Waals surface area contributed by atoms with Crippen LogP contribution in [0.3, 0.4) is 0 Å². The van der Waals surface area contributed by atoms with Crippen LogP contribution in [0.4, 0.5) is 0 Å². The Morgan fingerprint density at radius 2 is 2.00 bits per heavy atom. The maximum atomic E-state index is 11.9. The number of benzene rings is 1. The van der Waals surface area contributed by atoms with E-state index in [0.717, 1.165) is 17.7 Å². The largest absolute Gasteiger partial charge is 0.273 e. The van der Waals surface area contributed by atoms with Crippen molar-refractivity contribution < 1.29 is 4.79 Å². The molecule has 0 aliphatic carbocycles. The van der Waals surface area contributed by atoms with E-state index in [9.17, 15) is 4.79 Å². The van der Waals surface area contributed by atoms with Crippen molar-refractivity contribution in [2.24, 2.45) is 5.10 Å². The van der Waals surface area contributed by atoms with Crippen LogP contribution in [0.1, 0.15) is 38.3 Å². The molecule has 1 atom stereocenters. The summed E-state index contributed by atoms with van der Waals surface area (Å²) in [6.45, 7) is 3.86. The average Bonchev–Trinajstić information content (AvgIpc) is 2.35. The number of hydrogen-bond donors (Lipinski definition) is 0. The van der Waals surface area contributed by atoms with E-state index in [-0.39, 0.29) is 11.9 Å². The Bertz CT molecular complexity index is 514. The topological polar surface area (TPSA) is 32.7 Å². The zero-order chi connectivity index (χ0) is 13.3. The van der Waals surface area contributed by atoms with Crippen LogP contribution in [0.15, 0.2) is 23.3 Å². The lowest BCUT2D eigenvalue weighted by molar-refractivity contribution is -0.134. The maximum absolute atomic E-state index is 11.9. The van der Waals surface area contributed by atoms with Crippen LogP contribution in [0.2, 0.25) is 10.0 Å². The van der Waals surface area contributed by atoms with Crippen LogP contribution in [-0.4, -0.2) is 16.6 Å². The fourth-order valence-corrected chi connectivity index (χ4v) is 2.21. The Morgan fingerprint density at radius 1 is 1.28 bits per heavy atom. The Morgan fingerprint density at radius 3 is 2.67 bits per heavy atom. The van der Waals surface area contributed by atoms with Gasteiger partial charge in [-0.2, -0.15) is 5.10 Å². The van der Waals surface area contributed by atoms with Crippen molar-refractivity contribution in [2.75, 3.05) is 0 Å². The van der Waals surface area contributed by atoms with Gasteiger partial charge in [0.05, 0.1) is 16.1 Å². The average molecular weight is 285 g/mol. The third-order valence-electron chi connectivity index (χ3n) is 3.03. The van der Waals surface area contributed by atoms with E-state index in [1.165, 1.54) is 5.01 Å². The molecule has 18 heavy (non-hydrogen) atoms. The Hall–Kier alpha value is -1.06. The van der Waals surface area contributed by atoms with E-state index in [1.54, 1.807) is 12.1 Å². The summed E-state index contributed by atoms with van der Waals surface area (Å²) in [6.07, 6.45) is 1.25. The highest BCUT2D eigenvalue weighted by Gasteiger charge is 2.24. The van der Waals surface area contributed by atoms with Crippen molar-refractivity contribution in [3.8, 4) is 0 Å². The fraction of sp³-hybridized carbons (Fsp3) is 0.385. The lowest BCUT2D eigenvalue weighted by Crippen LogP contribution is -2.33. The minimum atomic E-state index is -0.137. The molecular weight excluding hydrogens is 271 g/mol. The highest BCUT2D eigenvalue weighted by atomic mass is 35.5. The van der Waals surface area contributed by atoms with E-state index in [1.807, 2.05) is 19.9 Å². The SMILES string of the molecule is CC1=NN([C@@H](C)c2ccc(Cl)c(Cl)c2)C(=O)CC1. The quantitative estimate of drug-likeness (QED) is 0.806. The molecule has 0 N–H and O–H groups in total. The highest BCUT2D eigenvalue weighted by molar-refractivity contribution is 6.42. The van der Waals surface area contributed by atoms with Gasteiger partial charge in [0.15, 0.2) is 0 Å². The molecule has 1 aliphatic rings. The molecule has 1 aromatic carbocycles. The summed E-state index contributed by atoms with van der Waals surface area (Å²) in [4.78, 5) is 11.9. The van der Waals surface area contributed by atoms with Crippen molar-refractivity contribution in [1.82, 2.24) is 5.01 Å². The number of carbonyl (C=O) groups excluding carboxylic acids is 1. The normalized spacial score (nSPS) is 17.7. The molecule has 1 amide bonds. The first kappa shape index (κ1) is 13.4. The minimum absolute atomic E-state index is 0.0409. The van der Waals surface area contributed by atoms with Crippen molar-refractivity contribution in [3.63, 3.8) is 0 Å². The number of hydrazone groups is 1. The fourth-order valence-electron chi connectivity index (χ4n) is 1.91. The minimum Gasteiger partial charge on any atom is -0.273 e. The monoisotopic (exact) mass is 284 g/mol. The molecule has 0 aromatic heterocycles. The number of nitrogens with zero attached hydrogens (tertiary/aromatic N) is 2. The third-order valence-corrected chi connectivity index (χ3v) is 3.77.